The van der Waals surface area contributed by atoms with Crippen LogP contribution in [0.2, 0.25) is 0 Å². The van der Waals surface area contributed by atoms with E-state index in [1.165, 1.54) is 7.11 Å². The van der Waals surface area contributed by atoms with Gasteiger partial charge in [0, 0.05) is 18.7 Å². The number of benzene rings is 1. The van der Waals surface area contributed by atoms with Crippen molar-refractivity contribution >= 4 is 17.7 Å². The number of aromatic nitrogens is 2. The molecule has 1 aromatic carbocycles. The van der Waals surface area contributed by atoms with Gasteiger partial charge in [0.15, 0.2) is 0 Å². The van der Waals surface area contributed by atoms with Crippen molar-refractivity contribution in [3.63, 3.8) is 0 Å². The minimum Gasteiger partial charge on any atom is -0.497 e. The molecule has 180 valence electrons. The number of unbranched alkanes of at least 4 members (excludes halogenated alkanes) is 3. The first-order chi connectivity index (χ1) is 16.0. The van der Waals surface area contributed by atoms with Crippen molar-refractivity contribution in [2.45, 2.75) is 63.6 Å². The van der Waals surface area contributed by atoms with Gasteiger partial charge in [0.25, 0.3) is 0 Å². The Morgan fingerprint density at radius 3 is 2.67 bits per heavy atom. The van der Waals surface area contributed by atoms with Gasteiger partial charge in [-0.2, -0.15) is 0 Å². The second-order valence-corrected chi connectivity index (χ2v) is 8.29. The predicted molar refractivity (Wildman–Crippen MR) is 124 cm³/mol. The number of nitrogen functional groups attached to an aromatic ring is 1. The van der Waals surface area contributed by atoms with Gasteiger partial charge in [0.05, 0.1) is 27.1 Å². The van der Waals surface area contributed by atoms with E-state index in [1.54, 1.807) is 35.2 Å². The normalized spacial score (nSPS) is 18.7. The van der Waals surface area contributed by atoms with Crippen LogP contribution in [-0.4, -0.2) is 59.2 Å². The molecule has 3 rings (SSSR count). The summed E-state index contributed by atoms with van der Waals surface area (Å²) >= 11 is 0. The summed E-state index contributed by atoms with van der Waals surface area (Å²) in [7, 11) is 2.92. The van der Waals surface area contributed by atoms with Gasteiger partial charge < -0.3 is 29.4 Å². The second-order valence-electron chi connectivity index (χ2n) is 8.29. The fourth-order valence-corrected chi connectivity index (χ4v) is 4.23. The standard InChI is InChI=1S/C24H34N4O5/c1-4-5-6-7-11-20(27-15-22(25)26-16-27)23(29)28-14-19(13-21(28)24(30)32-3)33-18-10-8-9-17(12-18)31-2/h8-10,12,15-16,19-21H,4-7,11,13-14,25H2,1-3H3/t19-,20+,21-/m0/s1. The molecule has 0 unspecified atom stereocenters. The first-order valence-corrected chi connectivity index (χ1v) is 11.4. The van der Waals surface area contributed by atoms with Crippen molar-refractivity contribution in [3.8, 4) is 11.5 Å². The molecule has 0 spiro atoms. The zero-order valence-corrected chi connectivity index (χ0v) is 19.6. The summed E-state index contributed by atoms with van der Waals surface area (Å²) in [5, 5.41) is 0. The number of nitrogens with zero attached hydrogens (tertiary/aromatic N) is 3. The van der Waals surface area contributed by atoms with E-state index in [2.05, 4.69) is 11.9 Å². The molecule has 3 atom stereocenters. The molecular weight excluding hydrogens is 424 g/mol. The van der Waals surface area contributed by atoms with Gasteiger partial charge in [-0.15, -0.1) is 0 Å². The van der Waals surface area contributed by atoms with Crippen LogP contribution in [0.25, 0.3) is 0 Å². The summed E-state index contributed by atoms with van der Waals surface area (Å²) < 4.78 is 18.1. The molecule has 2 heterocycles. The van der Waals surface area contributed by atoms with Crippen molar-refractivity contribution in [2.24, 2.45) is 0 Å². The van der Waals surface area contributed by atoms with Gasteiger partial charge in [0.2, 0.25) is 5.91 Å². The highest BCUT2D eigenvalue weighted by Crippen LogP contribution is 2.30. The summed E-state index contributed by atoms with van der Waals surface area (Å²) in [6.07, 6.45) is 8.02. The van der Waals surface area contributed by atoms with Crippen LogP contribution in [0.5, 0.6) is 11.5 Å². The third-order valence-electron chi connectivity index (χ3n) is 5.96. The molecule has 2 N–H and O–H groups in total. The van der Waals surface area contributed by atoms with E-state index >= 15 is 0 Å². The number of ether oxygens (including phenoxy) is 3. The SMILES string of the molecule is CCCCCC[C@H](C(=O)N1C[C@@H](Oc2cccc(OC)c2)C[C@H]1C(=O)OC)n1cnc(N)c1. The minimum absolute atomic E-state index is 0.156. The Morgan fingerprint density at radius 2 is 2.00 bits per heavy atom. The Labute approximate surface area is 194 Å². The number of methoxy groups -OCH3 is 2. The molecule has 1 fully saturated rings. The highest BCUT2D eigenvalue weighted by atomic mass is 16.5. The average Bonchev–Trinajstić information content (AvgIpc) is 3.44. The fourth-order valence-electron chi connectivity index (χ4n) is 4.23. The quantitative estimate of drug-likeness (QED) is 0.407. The molecule has 1 amide bonds. The van der Waals surface area contributed by atoms with Crippen molar-refractivity contribution in [1.29, 1.82) is 0 Å². The summed E-state index contributed by atoms with van der Waals surface area (Å²) in [5.41, 5.74) is 5.81. The van der Waals surface area contributed by atoms with Gasteiger partial charge in [-0.1, -0.05) is 38.7 Å². The fraction of sp³-hybridized carbons (Fsp3) is 0.542. The predicted octanol–water partition coefficient (Wildman–Crippen LogP) is 3.21. The number of hydrogen-bond donors (Lipinski definition) is 1. The van der Waals surface area contributed by atoms with Crippen LogP contribution >= 0.6 is 0 Å². The van der Waals surface area contributed by atoms with E-state index < -0.39 is 18.1 Å². The summed E-state index contributed by atoms with van der Waals surface area (Å²) in [5.74, 6) is 1.04. The molecule has 1 saturated heterocycles. The first-order valence-electron chi connectivity index (χ1n) is 11.4. The summed E-state index contributed by atoms with van der Waals surface area (Å²) in [4.78, 5) is 31.9. The number of nitrogens with two attached hydrogens (primary N) is 1. The number of carbonyl (C=O) groups excluding carboxylic acids is 2. The molecular formula is C24H34N4O5. The molecule has 0 bridgehead atoms. The van der Waals surface area contributed by atoms with E-state index in [0.717, 1.165) is 25.7 Å². The van der Waals surface area contributed by atoms with E-state index in [4.69, 9.17) is 19.9 Å². The Bertz CT molecular complexity index is 931. The second kappa shape index (κ2) is 11.6. The van der Waals surface area contributed by atoms with E-state index in [9.17, 15) is 9.59 Å². The number of anilines is 1. The maximum Gasteiger partial charge on any atom is 0.328 e. The molecule has 0 aliphatic carbocycles. The molecule has 9 nitrogen and oxygen atoms in total. The third kappa shape index (κ3) is 6.18. The van der Waals surface area contributed by atoms with Gasteiger partial charge in [-0.3, -0.25) is 4.79 Å². The molecule has 0 saturated carbocycles. The third-order valence-corrected chi connectivity index (χ3v) is 5.96. The Morgan fingerprint density at radius 1 is 1.21 bits per heavy atom. The maximum absolute atomic E-state index is 13.7. The summed E-state index contributed by atoms with van der Waals surface area (Å²) in [6.45, 7) is 2.43. The molecule has 9 heteroatoms. The molecule has 33 heavy (non-hydrogen) atoms. The topological polar surface area (TPSA) is 109 Å². The zero-order valence-electron chi connectivity index (χ0n) is 19.6. The lowest BCUT2D eigenvalue weighted by molar-refractivity contribution is -0.152. The van der Waals surface area contributed by atoms with E-state index in [1.807, 2.05) is 18.2 Å². The van der Waals surface area contributed by atoms with E-state index in [-0.39, 0.29) is 18.6 Å². The highest BCUT2D eigenvalue weighted by Gasteiger charge is 2.43. The van der Waals surface area contributed by atoms with Gasteiger partial charge in [0.1, 0.15) is 35.5 Å². The van der Waals surface area contributed by atoms with E-state index in [0.29, 0.717) is 30.2 Å². The molecule has 1 aromatic heterocycles. The number of hydrogen-bond acceptors (Lipinski definition) is 7. The average molecular weight is 459 g/mol. The monoisotopic (exact) mass is 458 g/mol. The Hall–Kier alpha value is -3.23. The number of rotatable bonds is 11. The smallest absolute Gasteiger partial charge is 0.328 e. The number of carbonyl (C=O) groups is 2. The minimum atomic E-state index is -0.711. The lowest BCUT2D eigenvalue weighted by Gasteiger charge is -2.28. The van der Waals surface area contributed by atoms with Crippen LogP contribution in [0, 0.1) is 0 Å². The van der Waals surface area contributed by atoms with Gasteiger partial charge in [-0.25, -0.2) is 9.78 Å². The lowest BCUT2D eigenvalue weighted by Crippen LogP contribution is -2.44. The summed E-state index contributed by atoms with van der Waals surface area (Å²) in [6, 6.07) is 6.06. The van der Waals surface area contributed by atoms with Crippen LogP contribution in [0.3, 0.4) is 0 Å². The van der Waals surface area contributed by atoms with Crippen LogP contribution in [-0.2, 0) is 14.3 Å². The molecule has 1 aliphatic rings. The van der Waals surface area contributed by atoms with Crippen molar-refractivity contribution in [2.75, 3.05) is 26.5 Å². The lowest BCUT2D eigenvalue weighted by atomic mass is 10.1. The highest BCUT2D eigenvalue weighted by molar-refractivity contribution is 5.87. The largest absolute Gasteiger partial charge is 0.497 e. The van der Waals surface area contributed by atoms with Crippen LogP contribution < -0.4 is 15.2 Å². The first kappa shape index (κ1) is 24.4. The maximum atomic E-state index is 13.7. The Balaban J connectivity index is 1.79. The number of likely N-dealkylation sites (tertiary alicyclic amines) is 1. The van der Waals surface area contributed by atoms with Gasteiger partial charge in [-0.05, 0) is 18.6 Å². The van der Waals surface area contributed by atoms with Crippen molar-refractivity contribution < 1.29 is 23.8 Å². The number of amides is 1. The van der Waals surface area contributed by atoms with Crippen LogP contribution in [0.1, 0.15) is 51.5 Å². The van der Waals surface area contributed by atoms with Crippen LogP contribution in [0.15, 0.2) is 36.8 Å². The molecule has 1 aliphatic heterocycles. The van der Waals surface area contributed by atoms with Crippen molar-refractivity contribution in [1.82, 2.24) is 14.5 Å². The van der Waals surface area contributed by atoms with Gasteiger partial charge >= 0.3 is 5.97 Å². The number of esters is 1. The molecule has 0 radical (unpaired) electrons. The zero-order chi connectivity index (χ0) is 23.8. The van der Waals surface area contributed by atoms with Crippen molar-refractivity contribution in [3.05, 3.63) is 36.8 Å². The Kier molecular flexibility index (Phi) is 8.57. The molecule has 2 aromatic rings. The number of imidazole rings is 1. The van der Waals surface area contributed by atoms with Crippen LogP contribution in [0.4, 0.5) is 5.82 Å².